The minimum atomic E-state index is -0.156. The van der Waals surface area contributed by atoms with E-state index in [9.17, 15) is 0 Å². The van der Waals surface area contributed by atoms with E-state index in [1.165, 1.54) is 0 Å². The second kappa shape index (κ2) is 68.3. The lowest BCUT2D eigenvalue weighted by molar-refractivity contribution is 0.615. The molecule has 0 unspecified atom stereocenters. The molecule has 0 aliphatic heterocycles. The van der Waals surface area contributed by atoms with E-state index in [0.717, 1.165) is 45.7 Å². The highest BCUT2D eigenvalue weighted by molar-refractivity contribution is 6.45. The van der Waals surface area contributed by atoms with Crippen LogP contribution >= 0.6 is 174 Å². The monoisotopic (exact) mass is 2220 g/mol. The summed E-state index contributed by atoms with van der Waals surface area (Å²) in [7, 11) is 7.09. The van der Waals surface area contributed by atoms with Crippen LogP contribution in [0, 0.1) is 5.92 Å². The van der Waals surface area contributed by atoms with Gasteiger partial charge in [-0.3, -0.25) is 25.3 Å². The Morgan fingerprint density at radius 1 is 0.293 bits per heavy atom. The van der Waals surface area contributed by atoms with Crippen LogP contribution < -0.4 is 120 Å². The van der Waals surface area contributed by atoms with Crippen LogP contribution in [0.3, 0.4) is 0 Å². The molecule has 0 heterocycles. The predicted molar refractivity (Wildman–Crippen MR) is 602 cm³/mol. The molecule has 760 valence electrons. The number of anilines is 1. The summed E-state index contributed by atoms with van der Waals surface area (Å²) in [5, 5.41) is 12.9. The summed E-state index contributed by atoms with van der Waals surface area (Å²) in [6.45, 7) is 14.0. The molecular weight excluding hydrogens is 2110 g/mol. The summed E-state index contributed by atoms with van der Waals surface area (Å²) in [6.07, 6.45) is 2.87. The summed E-state index contributed by atoms with van der Waals surface area (Å²) in [6, 6.07) is 43.9. The molecule has 54 heteroatoms. The van der Waals surface area contributed by atoms with Crippen molar-refractivity contribution in [1.82, 2.24) is 15.1 Å². The van der Waals surface area contributed by atoms with E-state index in [0.29, 0.717) is 151 Å². The number of aliphatic imine (C=N–C) groups is 16. The van der Waals surface area contributed by atoms with Gasteiger partial charge in [-0.05, 0) is 196 Å². The Labute approximate surface area is 889 Å². The number of rotatable bonds is 20. The van der Waals surface area contributed by atoms with Crippen molar-refractivity contribution in [2.75, 3.05) is 53.1 Å². The van der Waals surface area contributed by atoms with Gasteiger partial charge >= 0.3 is 0 Å². The van der Waals surface area contributed by atoms with Gasteiger partial charge < -0.3 is 124 Å². The number of guanidine groups is 15. The lowest BCUT2D eigenvalue weighted by Crippen LogP contribution is -2.42. The summed E-state index contributed by atoms with van der Waals surface area (Å²) in [4.78, 5) is 66.2. The van der Waals surface area contributed by atoms with Crippen LogP contribution in [-0.4, -0.2) is 165 Å². The zero-order chi connectivity index (χ0) is 106. The smallest absolute Gasteiger partial charge is 0.223 e. The largest absolute Gasteiger partial charge is 0.387 e. The summed E-state index contributed by atoms with van der Waals surface area (Å²) < 4.78 is 0. The van der Waals surface area contributed by atoms with E-state index >= 15 is 0 Å². The molecule has 8 aromatic carbocycles. The normalized spacial score (nSPS) is 12.3. The SMILES string of the molecule is CC(C)CC(N)=NC(N)=NCCc1ccc(Cl)c(Cl)c1.CC(C)N=C(N)N=C(N)Nc1ccc(Cl)c(Cl)c1.CC(C)N=C(N)NC(N)=NCc1ccc(Cl)c(Cl)c1.CN(C)C(N)=NC(N)=NCCc1cccc(Cl)c1.CN(C)C(N)=NC(N)=Nc1ccc(Cl)c(Cl)c1.NC(N)=NC(N)=NCCc1ccc(Cl)c(Cl)c1.NC(N)=NC(N)=NCc1ccc(Cl)c(Cl)c1.NC(N)=NC(N)=Nc1ccc(Cl)c(Cl)c1. The van der Waals surface area contributed by atoms with E-state index in [-0.39, 0.29) is 95.5 Å². The van der Waals surface area contributed by atoms with E-state index in [4.69, 9.17) is 283 Å². The van der Waals surface area contributed by atoms with Crippen molar-refractivity contribution in [3.05, 3.63) is 255 Å². The number of hydrogen-bond donors (Lipinski definition) is 21. The molecule has 140 heavy (non-hydrogen) atoms. The topological polar surface area (TPSA) is 723 Å². The Kier molecular flexibility index (Phi) is 61.6. The van der Waals surface area contributed by atoms with Crippen LogP contribution in [0.4, 0.5) is 17.1 Å². The van der Waals surface area contributed by atoms with Crippen molar-refractivity contribution in [3.63, 3.8) is 0 Å². The van der Waals surface area contributed by atoms with Gasteiger partial charge in [0.05, 0.1) is 94.8 Å². The van der Waals surface area contributed by atoms with Crippen LogP contribution in [0.15, 0.2) is 232 Å². The van der Waals surface area contributed by atoms with Gasteiger partial charge in [0, 0.05) is 77.0 Å². The van der Waals surface area contributed by atoms with Crippen LogP contribution in [0.5, 0.6) is 0 Å². The highest BCUT2D eigenvalue weighted by Gasteiger charge is 2.10. The molecule has 0 spiro atoms. The molecule has 0 aliphatic carbocycles. The van der Waals surface area contributed by atoms with Gasteiger partial charge in [-0.15, -0.1) is 0 Å². The Bertz CT molecular complexity index is 5820. The van der Waals surface area contributed by atoms with Gasteiger partial charge in [0.25, 0.3) is 0 Å². The number of nitrogens with zero attached hydrogens (tertiary/aromatic N) is 18. The van der Waals surface area contributed by atoms with Gasteiger partial charge in [-0.2, -0.15) is 30.0 Å². The molecule has 39 nitrogen and oxygen atoms in total. The fraction of sp³-hybridized carbons (Fsp3) is 0.256. The van der Waals surface area contributed by atoms with Crippen LogP contribution in [0.1, 0.15) is 75.8 Å². The molecule has 0 bridgehead atoms. The number of nitrogens with one attached hydrogen (secondary N) is 2. The van der Waals surface area contributed by atoms with E-state index in [2.05, 4.69) is 104 Å². The minimum Gasteiger partial charge on any atom is -0.387 e. The lowest BCUT2D eigenvalue weighted by Gasteiger charge is -2.09. The molecular formula is C86H116Cl15N39. The Balaban J connectivity index is 0.000000801. The third kappa shape index (κ3) is 60.3. The van der Waals surface area contributed by atoms with Gasteiger partial charge in [0.15, 0.2) is 41.7 Å². The first-order chi connectivity index (χ1) is 65.5. The van der Waals surface area contributed by atoms with Crippen molar-refractivity contribution < 1.29 is 0 Å². The van der Waals surface area contributed by atoms with Crippen LogP contribution in [0.2, 0.25) is 75.3 Å². The molecule has 0 fully saturated rings. The first-order valence-electron chi connectivity index (χ1n) is 40.7. The molecule has 0 aromatic heterocycles. The second-order valence-corrected chi connectivity index (χ2v) is 35.3. The Hall–Kier alpha value is -11.8. The zero-order valence-corrected chi connectivity index (χ0v) is 89.1. The number of halogens is 15. The fourth-order valence-electron chi connectivity index (χ4n) is 9.26. The van der Waals surface area contributed by atoms with E-state index in [1.807, 2.05) is 76.2 Å². The number of hydrogen-bond acceptors (Lipinski definition) is 9. The second-order valence-electron chi connectivity index (χ2n) is 29.2. The molecule has 0 saturated heterocycles. The first kappa shape index (κ1) is 126. The van der Waals surface area contributed by atoms with Gasteiger partial charge in [-0.1, -0.05) is 224 Å². The average molecular weight is 2230 g/mol. The minimum absolute atomic E-state index is 0.0195. The summed E-state index contributed by atoms with van der Waals surface area (Å²) in [5.41, 5.74) is 110. The van der Waals surface area contributed by atoms with Crippen LogP contribution in [0.25, 0.3) is 0 Å². The van der Waals surface area contributed by atoms with Gasteiger partial charge in [0.2, 0.25) is 47.7 Å². The molecule has 40 N–H and O–H groups in total. The Morgan fingerprint density at radius 2 is 0.621 bits per heavy atom. The predicted octanol–water partition coefficient (Wildman–Crippen LogP) is 14.1. The maximum atomic E-state index is 5.94. The summed E-state index contributed by atoms with van der Waals surface area (Å²) >= 11 is 87.5. The Morgan fingerprint density at radius 3 is 0.993 bits per heavy atom. The number of nitrogens with two attached hydrogens (primary N) is 19. The molecule has 0 radical (unpaired) electrons. The van der Waals surface area contributed by atoms with Crippen molar-refractivity contribution >= 4 is 286 Å². The molecule has 8 aromatic rings. The lowest BCUT2D eigenvalue weighted by atomic mass is 10.1. The number of amidine groups is 1. The first-order valence-corrected chi connectivity index (χ1v) is 46.4. The maximum absolute atomic E-state index is 5.94. The molecule has 0 atom stereocenters. The maximum Gasteiger partial charge on any atom is 0.223 e. The van der Waals surface area contributed by atoms with Crippen molar-refractivity contribution in [2.24, 2.45) is 195 Å². The van der Waals surface area contributed by atoms with Crippen molar-refractivity contribution in [2.45, 2.75) is 92.4 Å². The number of benzene rings is 8. The third-order valence-corrected chi connectivity index (χ3v) is 20.9. The standard InChI is InChI=1S/C14H20Cl2N4.C12H17Cl2N5.C12H18ClN5.C11H15Cl2N5.2C10H13Cl2N5.C9H11Cl2N5.C8H9Cl2N5/c1-9(2)7-13(17)20-14(18)19-6-5-10-3-4-11(15)12(16)8-10;1-7(2)18-12(16)19-11(15)17-6-8-3-4-9(13)10(14)5-8;1-18(2)12(15)17-11(14)16-7-6-9-4-3-5-10(13)8-9;1-6(2)16-10(14)18-11(15)17-7-3-4-8(12)9(13)5-7;1-17(2)10(14)16-9(13)15-6-3-4-7(11)8(12)5-6;11-7-2-1-6(5-8(7)12)3-4-16-10(15)17-9(13)14;10-6-2-1-5(3-7(6)11)4-15-9(14)16-8(12)13;9-5-2-1-4(3-6(5)10)14-8(13)15-7(11)12/h3-4,8-9H,5-7H2,1-2H3,(H4,17,18,19,20);3-5,7H,6H2,1-2H3,(H5,15,16,17,18,19);3-5,8H,6-7H2,1-2H3,(H4,14,15,16,17);3-6H,1-2H3,(H5,14,15,16,17,18);3-5H,1-2H3,(H4,13,14,15,16);1-2,5H,3-4H2,(H6,13,14,15,16,17);1-3H,4H2,(H6,12,13,14,15,16);1-3H,(H6,11,12,13,14,15). The van der Waals surface area contributed by atoms with Gasteiger partial charge in [0.1, 0.15) is 5.84 Å². The van der Waals surface area contributed by atoms with E-state index in [1.54, 1.807) is 141 Å². The summed E-state index contributed by atoms with van der Waals surface area (Å²) in [5.74, 6) is 2.34. The molecule has 0 amide bonds. The third-order valence-electron chi connectivity index (χ3n) is 15.4. The van der Waals surface area contributed by atoms with Crippen molar-refractivity contribution in [1.29, 1.82) is 0 Å². The highest BCUT2D eigenvalue weighted by atomic mass is 35.5. The quantitative estimate of drug-likeness (QED) is 0.0249. The average Bonchev–Trinajstić information content (AvgIpc) is 0.879. The van der Waals surface area contributed by atoms with Gasteiger partial charge in [-0.25, -0.2) is 30.0 Å². The molecule has 0 saturated carbocycles. The molecule has 8 rings (SSSR count). The highest BCUT2D eigenvalue weighted by Crippen LogP contribution is 2.31. The molecule has 0 aliphatic rings. The van der Waals surface area contributed by atoms with Crippen molar-refractivity contribution in [3.8, 4) is 0 Å². The fourth-order valence-corrected chi connectivity index (χ4v) is 11.6. The van der Waals surface area contributed by atoms with E-state index < -0.39 is 0 Å². The zero-order valence-electron chi connectivity index (χ0n) is 77.7. The van der Waals surface area contributed by atoms with Crippen LogP contribution in [-0.2, 0) is 32.4 Å².